The summed E-state index contributed by atoms with van der Waals surface area (Å²) in [5, 5.41) is 0. The van der Waals surface area contributed by atoms with Gasteiger partial charge < -0.3 is 4.74 Å². The Hall–Kier alpha value is 0.170. The standard InChI is InChI=1S/C9H12Br2O2/c1-6(12)13-5-9(2)4-7(9)3-8(10)11/h3,7H,4-5H2,1-2H3/t7-,9+/m0/s1. The maximum Gasteiger partial charge on any atom is 0.302 e. The van der Waals surface area contributed by atoms with Crippen molar-refractivity contribution in [3.05, 3.63) is 9.47 Å². The molecule has 0 N–H and O–H groups in total. The number of carbonyl (C=O) groups is 1. The molecule has 0 aromatic heterocycles. The van der Waals surface area contributed by atoms with Gasteiger partial charge in [-0.15, -0.1) is 0 Å². The third-order valence-electron chi connectivity index (χ3n) is 2.35. The number of halogens is 2. The van der Waals surface area contributed by atoms with E-state index in [0.29, 0.717) is 12.5 Å². The summed E-state index contributed by atoms with van der Waals surface area (Å²) >= 11 is 6.63. The number of hydrogen-bond donors (Lipinski definition) is 0. The molecule has 1 aliphatic rings. The number of esters is 1. The van der Waals surface area contributed by atoms with E-state index in [1.165, 1.54) is 6.92 Å². The van der Waals surface area contributed by atoms with Gasteiger partial charge in [0.25, 0.3) is 0 Å². The maximum absolute atomic E-state index is 10.6. The molecule has 0 heterocycles. The highest BCUT2D eigenvalue weighted by atomic mass is 79.9. The second kappa shape index (κ2) is 4.13. The Morgan fingerprint density at radius 1 is 1.69 bits per heavy atom. The van der Waals surface area contributed by atoms with Crippen molar-refractivity contribution in [2.45, 2.75) is 20.3 Å². The van der Waals surface area contributed by atoms with Crippen LogP contribution in [0.5, 0.6) is 0 Å². The van der Waals surface area contributed by atoms with Crippen LogP contribution < -0.4 is 0 Å². The monoisotopic (exact) mass is 310 g/mol. The molecule has 0 radical (unpaired) electrons. The Morgan fingerprint density at radius 2 is 2.31 bits per heavy atom. The third-order valence-corrected chi connectivity index (χ3v) is 2.88. The van der Waals surface area contributed by atoms with E-state index in [-0.39, 0.29) is 11.4 Å². The van der Waals surface area contributed by atoms with E-state index in [1.54, 1.807) is 0 Å². The zero-order valence-corrected chi connectivity index (χ0v) is 10.8. The van der Waals surface area contributed by atoms with Crippen molar-refractivity contribution in [3.63, 3.8) is 0 Å². The molecule has 0 aromatic rings. The zero-order valence-electron chi connectivity index (χ0n) is 7.64. The smallest absolute Gasteiger partial charge is 0.302 e. The van der Waals surface area contributed by atoms with Crippen LogP contribution in [0.1, 0.15) is 20.3 Å². The van der Waals surface area contributed by atoms with Gasteiger partial charge in [-0.05, 0) is 44.2 Å². The van der Waals surface area contributed by atoms with Crippen LogP contribution in [0.15, 0.2) is 9.47 Å². The Morgan fingerprint density at radius 3 is 2.77 bits per heavy atom. The molecule has 13 heavy (non-hydrogen) atoms. The summed E-state index contributed by atoms with van der Waals surface area (Å²) in [6.07, 6.45) is 3.18. The van der Waals surface area contributed by atoms with Crippen molar-refractivity contribution < 1.29 is 9.53 Å². The quantitative estimate of drug-likeness (QED) is 0.748. The Balaban J connectivity index is 2.37. The van der Waals surface area contributed by atoms with Crippen molar-refractivity contribution >= 4 is 37.8 Å². The van der Waals surface area contributed by atoms with Gasteiger partial charge in [0.15, 0.2) is 0 Å². The van der Waals surface area contributed by atoms with Crippen LogP contribution >= 0.6 is 31.9 Å². The van der Waals surface area contributed by atoms with Crippen LogP contribution in [0.2, 0.25) is 0 Å². The minimum atomic E-state index is -0.200. The number of carbonyl (C=O) groups excluding carboxylic acids is 1. The van der Waals surface area contributed by atoms with Gasteiger partial charge in [0.2, 0.25) is 0 Å². The fourth-order valence-electron chi connectivity index (χ4n) is 1.29. The van der Waals surface area contributed by atoms with Crippen LogP contribution in [0.3, 0.4) is 0 Å². The molecule has 1 aliphatic carbocycles. The second-order valence-corrected chi connectivity index (χ2v) is 6.47. The highest BCUT2D eigenvalue weighted by molar-refractivity contribution is 9.28. The number of hydrogen-bond acceptors (Lipinski definition) is 2. The van der Waals surface area contributed by atoms with Gasteiger partial charge in [-0.25, -0.2) is 0 Å². The lowest BCUT2D eigenvalue weighted by molar-refractivity contribution is -0.142. The number of ether oxygens (including phenoxy) is 1. The summed E-state index contributed by atoms with van der Waals surface area (Å²) in [5.41, 5.74) is 0.151. The minimum absolute atomic E-state index is 0.151. The van der Waals surface area contributed by atoms with E-state index < -0.39 is 0 Å². The van der Waals surface area contributed by atoms with Crippen molar-refractivity contribution in [2.75, 3.05) is 6.61 Å². The molecule has 1 rings (SSSR count). The first-order valence-corrected chi connectivity index (χ1v) is 5.69. The molecule has 0 aromatic carbocycles. The molecule has 1 fully saturated rings. The summed E-state index contributed by atoms with van der Waals surface area (Å²) in [4.78, 5) is 10.6. The lowest BCUT2D eigenvalue weighted by atomic mass is 10.1. The Kier molecular flexibility index (Phi) is 3.57. The van der Waals surface area contributed by atoms with Crippen molar-refractivity contribution in [3.8, 4) is 0 Å². The number of rotatable bonds is 3. The van der Waals surface area contributed by atoms with Crippen molar-refractivity contribution in [1.82, 2.24) is 0 Å². The Labute approximate surface area is 95.0 Å². The molecule has 1 saturated carbocycles. The molecule has 0 spiro atoms. The molecule has 0 saturated heterocycles. The van der Waals surface area contributed by atoms with Crippen molar-refractivity contribution in [2.24, 2.45) is 11.3 Å². The average Bonchev–Trinajstić information content (AvgIpc) is 2.58. The molecule has 2 nitrogen and oxygen atoms in total. The van der Waals surface area contributed by atoms with Crippen LogP contribution in [0.4, 0.5) is 0 Å². The van der Waals surface area contributed by atoms with E-state index >= 15 is 0 Å². The highest BCUT2D eigenvalue weighted by Crippen LogP contribution is 2.54. The maximum atomic E-state index is 10.6. The normalized spacial score (nSPS) is 30.9. The zero-order chi connectivity index (χ0) is 10.1. The van der Waals surface area contributed by atoms with Crippen molar-refractivity contribution in [1.29, 1.82) is 0 Å². The summed E-state index contributed by atoms with van der Waals surface area (Å²) in [7, 11) is 0. The van der Waals surface area contributed by atoms with Gasteiger partial charge in [-0.1, -0.05) is 13.0 Å². The van der Waals surface area contributed by atoms with Gasteiger partial charge in [-0.3, -0.25) is 4.79 Å². The fourth-order valence-corrected chi connectivity index (χ4v) is 1.93. The van der Waals surface area contributed by atoms with Crippen LogP contribution in [0, 0.1) is 11.3 Å². The first-order valence-electron chi connectivity index (χ1n) is 4.10. The van der Waals surface area contributed by atoms with Gasteiger partial charge in [0.1, 0.15) is 0 Å². The second-order valence-electron chi connectivity index (χ2n) is 3.70. The molecular weight excluding hydrogens is 300 g/mol. The molecule has 0 aliphatic heterocycles. The van der Waals surface area contributed by atoms with E-state index in [2.05, 4.69) is 44.9 Å². The molecule has 0 bridgehead atoms. The van der Waals surface area contributed by atoms with Gasteiger partial charge in [0.05, 0.1) is 10.00 Å². The molecule has 2 atom stereocenters. The fraction of sp³-hybridized carbons (Fsp3) is 0.667. The topological polar surface area (TPSA) is 26.3 Å². The third kappa shape index (κ3) is 3.43. The molecule has 74 valence electrons. The first-order chi connectivity index (χ1) is 5.94. The predicted molar refractivity (Wildman–Crippen MR) is 58.8 cm³/mol. The largest absolute Gasteiger partial charge is 0.465 e. The SMILES string of the molecule is CC(=O)OC[C@@]1(C)C[C@@H]1C=C(Br)Br. The number of allylic oxidation sites excluding steroid dienone is 1. The van der Waals surface area contributed by atoms with E-state index in [4.69, 9.17) is 4.74 Å². The minimum Gasteiger partial charge on any atom is -0.465 e. The van der Waals surface area contributed by atoms with E-state index in [0.717, 1.165) is 9.81 Å². The molecule has 4 heteroatoms. The lowest BCUT2D eigenvalue weighted by Crippen LogP contribution is -2.11. The van der Waals surface area contributed by atoms with Gasteiger partial charge in [0, 0.05) is 12.3 Å². The summed E-state index contributed by atoms with van der Waals surface area (Å²) in [5.74, 6) is 0.314. The predicted octanol–water partition coefficient (Wildman–Crippen LogP) is 3.21. The lowest BCUT2D eigenvalue weighted by Gasteiger charge is -2.08. The van der Waals surface area contributed by atoms with Crippen LogP contribution in [-0.2, 0) is 9.53 Å². The van der Waals surface area contributed by atoms with Gasteiger partial charge in [-0.2, -0.15) is 0 Å². The molecule has 0 unspecified atom stereocenters. The average molecular weight is 312 g/mol. The summed E-state index contributed by atoms with van der Waals surface area (Å²) in [6, 6.07) is 0. The Bertz CT molecular complexity index is 246. The van der Waals surface area contributed by atoms with Crippen LogP contribution in [-0.4, -0.2) is 12.6 Å². The van der Waals surface area contributed by atoms with E-state index in [1.807, 2.05) is 0 Å². The summed E-state index contributed by atoms with van der Waals surface area (Å²) < 4.78 is 5.95. The summed E-state index contributed by atoms with van der Waals surface area (Å²) in [6.45, 7) is 4.09. The van der Waals surface area contributed by atoms with Gasteiger partial charge >= 0.3 is 5.97 Å². The van der Waals surface area contributed by atoms with E-state index in [9.17, 15) is 4.79 Å². The highest BCUT2D eigenvalue weighted by Gasteiger charge is 2.49. The first kappa shape index (κ1) is 11.2. The molecule has 0 amide bonds. The molecular formula is C9H12Br2O2. The van der Waals surface area contributed by atoms with Crippen LogP contribution in [0.25, 0.3) is 0 Å².